The highest BCUT2D eigenvalue weighted by atomic mass is 16.3. The van der Waals surface area contributed by atoms with E-state index >= 15 is 0 Å². The van der Waals surface area contributed by atoms with Crippen LogP contribution in [-0.2, 0) is 5.41 Å². The van der Waals surface area contributed by atoms with Crippen molar-refractivity contribution in [1.29, 1.82) is 0 Å². The van der Waals surface area contributed by atoms with E-state index in [1.165, 1.54) is 0 Å². The summed E-state index contributed by atoms with van der Waals surface area (Å²) in [5.74, 6) is 3.40. The van der Waals surface area contributed by atoms with E-state index in [9.17, 15) is 0 Å². The van der Waals surface area contributed by atoms with Gasteiger partial charge in [0.15, 0.2) is 0 Å². The monoisotopic (exact) mass is 266 g/mol. The smallest absolute Gasteiger partial charge is 0.111 e. The summed E-state index contributed by atoms with van der Waals surface area (Å²) in [5.41, 5.74) is 0.0371. The van der Waals surface area contributed by atoms with Crippen LogP contribution in [0.25, 0.3) is 0 Å². The third-order valence-electron chi connectivity index (χ3n) is 3.79. The summed E-state index contributed by atoms with van der Waals surface area (Å²) in [5, 5.41) is 6.87. The van der Waals surface area contributed by atoms with E-state index in [2.05, 4.69) is 44.4 Å². The highest BCUT2D eigenvalue weighted by molar-refractivity contribution is 5.15. The Bertz CT molecular complexity index is 369. The van der Waals surface area contributed by atoms with Crippen molar-refractivity contribution in [3.63, 3.8) is 0 Å². The van der Waals surface area contributed by atoms with Crippen molar-refractivity contribution >= 4 is 0 Å². The minimum atomic E-state index is 0.0371. The molecule has 0 aromatic carbocycles. The molecule has 0 saturated heterocycles. The van der Waals surface area contributed by atoms with E-state index < -0.39 is 0 Å². The fraction of sp³-hybridized carbons (Fsp3) is 0.750. The molecule has 110 valence electrons. The zero-order chi connectivity index (χ0) is 14.5. The molecule has 0 radical (unpaired) electrons. The molecule has 3 nitrogen and oxygen atoms in total. The van der Waals surface area contributed by atoms with Crippen molar-refractivity contribution in [2.45, 2.75) is 40.0 Å². The van der Waals surface area contributed by atoms with Crippen LogP contribution in [0.4, 0.5) is 0 Å². The average molecular weight is 266 g/mol. The fourth-order valence-electron chi connectivity index (χ4n) is 2.26. The van der Waals surface area contributed by atoms with Crippen molar-refractivity contribution in [3.8, 4) is 0 Å². The maximum Gasteiger partial charge on any atom is 0.111 e. The van der Waals surface area contributed by atoms with E-state index in [0.29, 0.717) is 11.8 Å². The highest BCUT2D eigenvalue weighted by Gasteiger charge is 2.24. The van der Waals surface area contributed by atoms with Gasteiger partial charge in [-0.1, -0.05) is 27.7 Å². The van der Waals surface area contributed by atoms with Crippen LogP contribution in [0, 0.1) is 18.8 Å². The van der Waals surface area contributed by atoms with Gasteiger partial charge in [0.1, 0.15) is 11.5 Å². The number of hydrogen-bond acceptors (Lipinski definition) is 3. The summed E-state index contributed by atoms with van der Waals surface area (Å²) >= 11 is 0. The number of aryl methyl sites for hydroxylation is 1. The first kappa shape index (κ1) is 16.3. The molecule has 0 fully saturated rings. The highest BCUT2D eigenvalue weighted by Crippen LogP contribution is 2.24. The summed E-state index contributed by atoms with van der Waals surface area (Å²) in [6, 6.07) is 4.12. The predicted octanol–water partition coefficient (Wildman–Crippen LogP) is 2.95. The number of hydrogen-bond donors (Lipinski definition) is 2. The molecular formula is C16H30N2O. The standard InChI is InChI=1S/C16H30N2O/c1-12(2)14(9-17-6)10-18-11-16(4,5)15-8-7-13(3)19-15/h7-8,12,14,17-18H,9-11H2,1-6H3. The normalized spacial score (nSPS) is 14.1. The molecule has 0 amide bonds. The largest absolute Gasteiger partial charge is 0.466 e. The van der Waals surface area contributed by atoms with Gasteiger partial charge in [0, 0.05) is 12.0 Å². The Labute approximate surface area is 118 Å². The summed E-state index contributed by atoms with van der Waals surface area (Å²) in [4.78, 5) is 0. The molecule has 19 heavy (non-hydrogen) atoms. The van der Waals surface area contributed by atoms with E-state index in [1.807, 2.05) is 20.0 Å². The third-order valence-corrected chi connectivity index (χ3v) is 3.79. The third kappa shape index (κ3) is 5.00. The lowest BCUT2D eigenvalue weighted by Gasteiger charge is -2.26. The first-order chi connectivity index (χ1) is 8.86. The lowest BCUT2D eigenvalue weighted by Crippen LogP contribution is -2.39. The second-order valence-corrected chi connectivity index (χ2v) is 6.49. The molecular weight excluding hydrogens is 236 g/mol. The minimum absolute atomic E-state index is 0.0371. The molecule has 1 aromatic heterocycles. The molecule has 0 aliphatic rings. The molecule has 0 aliphatic carbocycles. The van der Waals surface area contributed by atoms with Crippen LogP contribution in [0.1, 0.15) is 39.2 Å². The van der Waals surface area contributed by atoms with Crippen molar-refractivity contribution < 1.29 is 4.42 Å². The van der Waals surface area contributed by atoms with Crippen LogP contribution in [0.2, 0.25) is 0 Å². The Balaban J connectivity index is 2.46. The summed E-state index contributed by atoms with van der Waals surface area (Å²) in [7, 11) is 2.02. The van der Waals surface area contributed by atoms with Gasteiger partial charge in [-0.15, -0.1) is 0 Å². The van der Waals surface area contributed by atoms with Gasteiger partial charge < -0.3 is 15.1 Å². The fourth-order valence-corrected chi connectivity index (χ4v) is 2.26. The van der Waals surface area contributed by atoms with Gasteiger partial charge in [-0.25, -0.2) is 0 Å². The van der Waals surface area contributed by atoms with E-state index in [1.54, 1.807) is 0 Å². The van der Waals surface area contributed by atoms with Crippen LogP contribution >= 0.6 is 0 Å². The second kappa shape index (κ2) is 7.11. The van der Waals surface area contributed by atoms with Crippen molar-refractivity contribution in [3.05, 3.63) is 23.7 Å². The topological polar surface area (TPSA) is 37.2 Å². The van der Waals surface area contributed by atoms with Gasteiger partial charge in [-0.3, -0.25) is 0 Å². The molecule has 0 bridgehead atoms. The van der Waals surface area contributed by atoms with Crippen molar-refractivity contribution in [2.24, 2.45) is 11.8 Å². The zero-order valence-electron chi connectivity index (χ0n) is 13.3. The van der Waals surface area contributed by atoms with Gasteiger partial charge in [0.25, 0.3) is 0 Å². The molecule has 1 rings (SSSR count). The van der Waals surface area contributed by atoms with Crippen LogP contribution in [0.5, 0.6) is 0 Å². The molecule has 1 aromatic rings. The summed E-state index contributed by atoms with van der Waals surface area (Å²) in [6.45, 7) is 14.0. The molecule has 0 spiro atoms. The summed E-state index contributed by atoms with van der Waals surface area (Å²) < 4.78 is 5.75. The molecule has 1 atom stereocenters. The lowest BCUT2D eigenvalue weighted by atomic mass is 9.89. The van der Waals surface area contributed by atoms with Gasteiger partial charge in [0.05, 0.1) is 0 Å². The lowest BCUT2D eigenvalue weighted by molar-refractivity contribution is 0.316. The Morgan fingerprint density at radius 2 is 1.89 bits per heavy atom. The van der Waals surface area contributed by atoms with E-state index in [0.717, 1.165) is 31.2 Å². The van der Waals surface area contributed by atoms with E-state index in [-0.39, 0.29) is 5.41 Å². The molecule has 2 N–H and O–H groups in total. The minimum Gasteiger partial charge on any atom is -0.466 e. The van der Waals surface area contributed by atoms with Gasteiger partial charge in [0.2, 0.25) is 0 Å². The quantitative estimate of drug-likeness (QED) is 0.759. The maximum atomic E-state index is 5.75. The zero-order valence-corrected chi connectivity index (χ0v) is 13.3. The Hall–Kier alpha value is -0.800. The van der Waals surface area contributed by atoms with Crippen LogP contribution in [-0.4, -0.2) is 26.7 Å². The Morgan fingerprint density at radius 3 is 2.37 bits per heavy atom. The molecule has 1 unspecified atom stereocenters. The second-order valence-electron chi connectivity index (χ2n) is 6.49. The van der Waals surface area contributed by atoms with Crippen LogP contribution in [0.15, 0.2) is 16.5 Å². The first-order valence-electron chi connectivity index (χ1n) is 7.29. The summed E-state index contributed by atoms with van der Waals surface area (Å²) in [6.07, 6.45) is 0. The number of rotatable bonds is 8. The molecule has 0 saturated carbocycles. The number of furan rings is 1. The predicted molar refractivity (Wildman–Crippen MR) is 81.6 cm³/mol. The number of nitrogens with one attached hydrogen (secondary N) is 2. The van der Waals surface area contributed by atoms with Gasteiger partial charge in [-0.05, 0) is 51.0 Å². The van der Waals surface area contributed by atoms with Crippen molar-refractivity contribution in [1.82, 2.24) is 10.6 Å². The van der Waals surface area contributed by atoms with Crippen LogP contribution in [0.3, 0.4) is 0 Å². The first-order valence-corrected chi connectivity index (χ1v) is 7.29. The SMILES string of the molecule is CNCC(CNCC(C)(C)c1ccc(C)o1)C(C)C. The Morgan fingerprint density at radius 1 is 1.21 bits per heavy atom. The molecule has 1 heterocycles. The van der Waals surface area contributed by atoms with E-state index in [4.69, 9.17) is 4.42 Å². The average Bonchev–Trinajstić information content (AvgIpc) is 2.75. The van der Waals surface area contributed by atoms with Gasteiger partial charge >= 0.3 is 0 Å². The Kier molecular flexibility index (Phi) is 6.08. The van der Waals surface area contributed by atoms with Crippen molar-refractivity contribution in [2.75, 3.05) is 26.7 Å². The van der Waals surface area contributed by atoms with Gasteiger partial charge in [-0.2, -0.15) is 0 Å². The molecule has 3 heteroatoms. The van der Waals surface area contributed by atoms with Crippen LogP contribution < -0.4 is 10.6 Å². The maximum absolute atomic E-state index is 5.75. The molecule has 0 aliphatic heterocycles.